The van der Waals surface area contributed by atoms with Crippen molar-refractivity contribution in [1.29, 1.82) is 0 Å². The maximum Gasteiger partial charge on any atom is 0.277 e. The summed E-state index contributed by atoms with van der Waals surface area (Å²) < 4.78 is 0. The minimum Gasteiger partial charge on any atom is -0.365 e. The zero-order valence-corrected chi connectivity index (χ0v) is 14.0. The fourth-order valence-corrected chi connectivity index (χ4v) is 4.16. The van der Waals surface area contributed by atoms with Gasteiger partial charge in [-0.3, -0.25) is 29.8 Å². The highest BCUT2D eigenvalue weighted by atomic mass is 32.1. The minimum absolute atomic E-state index is 0.232. The molecule has 3 N–H and O–H groups in total. The van der Waals surface area contributed by atoms with Gasteiger partial charge in [0.2, 0.25) is 0 Å². The van der Waals surface area contributed by atoms with Gasteiger partial charge in [-0.2, -0.15) is 0 Å². The van der Waals surface area contributed by atoms with Gasteiger partial charge in [-0.25, -0.2) is 0 Å². The lowest BCUT2D eigenvalue weighted by Crippen LogP contribution is -2.18. The number of benzene rings is 1. The van der Waals surface area contributed by atoms with Gasteiger partial charge >= 0.3 is 0 Å². The van der Waals surface area contributed by atoms with E-state index < -0.39 is 33.0 Å². The summed E-state index contributed by atoms with van der Waals surface area (Å²) >= 11 is 1.22. The molecule has 3 rings (SSSR count). The number of nitro groups is 2. The number of hydrogen-bond donors (Lipinski definition) is 2. The number of carbonyl (C=O) groups excluding carboxylic acids is 2. The first kappa shape index (κ1) is 17.5. The summed E-state index contributed by atoms with van der Waals surface area (Å²) in [7, 11) is 0. The summed E-state index contributed by atoms with van der Waals surface area (Å²) in [5.41, 5.74) is 5.05. The standard InChI is InChI=1S/C15H12N4O6S/c16-13(20)12-10-2-1-3-11(10)26-15(12)17-14(21)7-4-8(18(22)23)6-9(5-7)19(24)25/h4-6H,1-3H2,(H2,16,20)(H,17,21). The first-order valence-electron chi connectivity index (χ1n) is 7.47. The highest BCUT2D eigenvalue weighted by molar-refractivity contribution is 7.17. The molecule has 0 saturated carbocycles. The van der Waals surface area contributed by atoms with Crippen LogP contribution in [0, 0.1) is 20.2 Å². The molecule has 0 saturated heterocycles. The summed E-state index contributed by atoms with van der Waals surface area (Å²) in [6.45, 7) is 0. The van der Waals surface area contributed by atoms with Crippen molar-refractivity contribution in [2.24, 2.45) is 5.73 Å². The van der Waals surface area contributed by atoms with Gasteiger partial charge < -0.3 is 11.1 Å². The Morgan fingerprint density at radius 3 is 2.23 bits per heavy atom. The van der Waals surface area contributed by atoms with E-state index in [0.29, 0.717) is 6.42 Å². The number of hydrogen-bond acceptors (Lipinski definition) is 7. The van der Waals surface area contributed by atoms with Crippen molar-refractivity contribution in [3.8, 4) is 0 Å². The number of nitrogens with one attached hydrogen (secondary N) is 1. The Morgan fingerprint density at radius 1 is 1.08 bits per heavy atom. The van der Waals surface area contributed by atoms with Crippen LogP contribution < -0.4 is 11.1 Å². The molecule has 1 aliphatic carbocycles. The monoisotopic (exact) mass is 376 g/mol. The molecule has 0 bridgehead atoms. The minimum atomic E-state index is -0.821. The largest absolute Gasteiger partial charge is 0.365 e. The van der Waals surface area contributed by atoms with E-state index in [9.17, 15) is 29.8 Å². The molecule has 0 atom stereocenters. The van der Waals surface area contributed by atoms with Crippen LogP contribution in [-0.2, 0) is 12.8 Å². The number of amides is 2. The van der Waals surface area contributed by atoms with Crippen molar-refractivity contribution in [2.75, 3.05) is 5.32 Å². The molecule has 11 heteroatoms. The van der Waals surface area contributed by atoms with E-state index in [1.54, 1.807) is 0 Å². The fourth-order valence-electron chi connectivity index (χ4n) is 2.87. The van der Waals surface area contributed by atoms with Gasteiger partial charge in [-0.1, -0.05) is 0 Å². The van der Waals surface area contributed by atoms with E-state index in [-0.39, 0.29) is 16.1 Å². The van der Waals surface area contributed by atoms with Gasteiger partial charge in [-0.15, -0.1) is 11.3 Å². The smallest absolute Gasteiger partial charge is 0.277 e. The SMILES string of the molecule is NC(=O)c1c(NC(=O)c2cc([N+](=O)[O-])cc([N+](=O)[O-])c2)sc2c1CCC2. The van der Waals surface area contributed by atoms with Gasteiger partial charge in [0.25, 0.3) is 23.2 Å². The summed E-state index contributed by atoms with van der Waals surface area (Å²) in [4.78, 5) is 45.4. The fraction of sp³-hybridized carbons (Fsp3) is 0.200. The Bertz CT molecular complexity index is 935. The third-order valence-electron chi connectivity index (χ3n) is 3.98. The molecule has 2 amide bonds. The molecule has 26 heavy (non-hydrogen) atoms. The van der Waals surface area contributed by atoms with E-state index in [2.05, 4.69) is 5.32 Å². The highest BCUT2D eigenvalue weighted by Crippen LogP contribution is 2.39. The van der Waals surface area contributed by atoms with Gasteiger partial charge in [-0.05, 0) is 24.8 Å². The predicted molar refractivity (Wildman–Crippen MR) is 92.6 cm³/mol. The van der Waals surface area contributed by atoms with Crippen LogP contribution in [0.15, 0.2) is 18.2 Å². The summed E-state index contributed by atoms with van der Waals surface area (Å²) in [6.07, 6.45) is 2.35. The van der Waals surface area contributed by atoms with Crippen molar-refractivity contribution in [2.45, 2.75) is 19.3 Å². The molecule has 134 valence electrons. The number of aryl methyl sites for hydroxylation is 1. The molecule has 1 aliphatic rings. The van der Waals surface area contributed by atoms with Crippen molar-refractivity contribution < 1.29 is 19.4 Å². The van der Waals surface area contributed by atoms with Crippen LogP contribution in [0.25, 0.3) is 0 Å². The first-order chi connectivity index (χ1) is 12.3. The van der Waals surface area contributed by atoms with Crippen LogP contribution in [0.5, 0.6) is 0 Å². The topological polar surface area (TPSA) is 158 Å². The van der Waals surface area contributed by atoms with Crippen molar-refractivity contribution >= 4 is 39.5 Å². The lowest BCUT2D eigenvalue weighted by atomic mass is 10.1. The lowest BCUT2D eigenvalue weighted by molar-refractivity contribution is -0.394. The molecular weight excluding hydrogens is 364 g/mol. The number of nitrogens with zero attached hydrogens (tertiary/aromatic N) is 2. The average Bonchev–Trinajstić information content (AvgIpc) is 3.14. The van der Waals surface area contributed by atoms with Gasteiger partial charge in [0.05, 0.1) is 27.0 Å². The molecule has 0 radical (unpaired) electrons. The van der Waals surface area contributed by atoms with E-state index in [4.69, 9.17) is 5.73 Å². The summed E-state index contributed by atoms with van der Waals surface area (Å²) in [5, 5.41) is 24.6. The van der Waals surface area contributed by atoms with Crippen molar-refractivity contribution in [3.05, 3.63) is 60.0 Å². The highest BCUT2D eigenvalue weighted by Gasteiger charge is 2.27. The molecule has 10 nitrogen and oxygen atoms in total. The predicted octanol–water partition coefficient (Wildman–Crippen LogP) is 2.40. The van der Waals surface area contributed by atoms with E-state index in [1.807, 2.05) is 0 Å². The Labute approximate surface area is 149 Å². The number of non-ortho nitro benzene ring substituents is 2. The maximum absolute atomic E-state index is 12.5. The van der Waals surface area contributed by atoms with Crippen LogP contribution >= 0.6 is 11.3 Å². The molecule has 0 spiro atoms. The Hall–Kier alpha value is -3.34. The van der Waals surface area contributed by atoms with Gasteiger partial charge in [0, 0.05) is 17.0 Å². The molecule has 1 aromatic heterocycles. The number of thiophene rings is 1. The molecule has 1 aromatic carbocycles. The van der Waals surface area contributed by atoms with Crippen LogP contribution in [-0.4, -0.2) is 21.7 Å². The quantitative estimate of drug-likeness (QED) is 0.602. The van der Waals surface area contributed by atoms with Crippen molar-refractivity contribution in [1.82, 2.24) is 0 Å². The number of nitrogens with two attached hydrogens (primary N) is 1. The van der Waals surface area contributed by atoms with Crippen molar-refractivity contribution in [3.63, 3.8) is 0 Å². The number of anilines is 1. The Balaban J connectivity index is 1.98. The molecule has 2 aromatic rings. The van der Waals surface area contributed by atoms with Crippen LogP contribution in [0.2, 0.25) is 0 Å². The van der Waals surface area contributed by atoms with Gasteiger partial charge in [0.15, 0.2) is 0 Å². The zero-order chi connectivity index (χ0) is 19.0. The van der Waals surface area contributed by atoms with E-state index in [0.717, 1.165) is 41.5 Å². The first-order valence-corrected chi connectivity index (χ1v) is 8.29. The molecule has 0 unspecified atom stereocenters. The number of carbonyl (C=O) groups is 2. The van der Waals surface area contributed by atoms with Crippen LogP contribution in [0.3, 0.4) is 0 Å². The maximum atomic E-state index is 12.5. The van der Waals surface area contributed by atoms with Crippen LogP contribution in [0.1, 0.15) is 37.6 Å². The average molecular weight is 376 g/mol. The second-order valence-corrected chi connectivity index (χ2v) is 6.74. The van der Waals surface area contributed by atoms with Gasteiger partial charge in [0.1, 0.15) is 5.00 Å². The Kier molecular flexibility index (Phi) is 4.38. The van der Waals surface area contributed by atoms with Crippen LogP contribution in [0.4, 0.5) is 16.4 Å². The third kappa shape index (κ3) is 3.11. The third-order valence-corrected chi connectivity index (χ3v) is 5.19. The molecule has 0 aliphatic heterocycles. The normalized spacial score (nSPS) is 12.5. The second-order valence-electron chi connectivity index (χ2n) is 5.63. The summed E-state index contributed by atoms with van der Waals surface area (Å²) in [6, 6.07) is 2.65. The van der Waals surface area contributed by atoms with E-state index in [1.165, 1.54) is 11.3 Å². The molecular formula is C15H12N4O6S. The van der Waals surface area contributed by atoms with E-state index >= 15 is 0 Å². The lowest BCUT2D eigenvalue weighted by Gasteiger charge is -2.06. The second kappa shape index (κ2) is 6.52. The number of nitro benzene ring substituents is 2. The number of primary amides is 1. The molecule has 0 fully saturated rings. The zero-order valence-electron chi connectivity index (χ0n) is 13.2. The summed E-state index contributed by atoms with van der Waals surface area (Å²) in [5.74, 6) is -1.47. The Morgan fingerprint density at radius 2 is 1.69 bits per heavy atom. The number of fused-ring (bicyclic) bond motifs is 1. The number of rotatable bonds is 5. The molecule has 1 heterocycles.